The van der Waals surface area contributed by atoms with Crippen LogP contribution < -0.4 is 5.32 Å². The molecule has 0 radical (unpaired) electrons. The highest BCUT2D eigenvalue weighted by Crippen LogP contribution is 2.23. The van der Waals surface area contributed by atoms with E-state index in [-0.39, 0.29) is 35.6 Å². The van der Waals surface area contributed by atoms with E-state index in [9.17, 15) is 14.7 Å². The number of phenolic OH excluding ortho intramolecular Hbond substituents is 1. The molecule has 1 aliphatic heterocycles. The van der Waals surface area contributed by atoms with Crippen LogP contribution in [0.5, 0.6) is 5.75 Å². The fraction of sp³-hybridized carbons (Fsp3) is 0.429. The minimum atomic E-state index is -1.22. The van der Waals surface area contributed by atoms with E-state index < -0.39 is 5.97 Å². The molecule has 114 valence electrons. The molecule has 21 heavy (non-hydrogen) atoms. The quantitative estimate of drug-likeness (QED) is 0.629. The number of carboxylic acid groups (broad SMARTS) is 1. The predicted octanol–water partition coefficient (Wildman–Crippen LogP) is 1.33. The van der Waals surface area contributed by atoms with E-state index in [2.05, 4.69) is 5.32 Å². The lowest BCUT2D eigenvalue weighted by Crippen LogP contribution is -2.41. The zero-order chi connectivity index (χ0) is 15.4. The molecule has 0 aromatic heterocycles. The van der Waals surface area contributed by atoms with Gasteiger partial charge < -0.3 is 25.5 Å². The van der Waals surface area contributed by atoms with Crippen LogP contribution in [0.25, 0.3) is 0 Å². The number of aromatic carboxylic acids is 1. The number of hydrogen-bond donors (Lipinski definition) is 4. The Hall–Kier alpha value is -2.28. The molecule has 1 aromatic carbocycles. The van der Waals surface area contributed by atoms with Crippen molar-refractivity contribution in [2.24, 2.45) is 5.92 Å². The molecule has 0 bridgehead atoms. The molecule has 1 aliphatic rings. The number of nitrogens with zero attached hydrogens (tertiary/aromatic N) is 1. The highest BCUT2D eigenvalue weighted by Gasteiger charge is 2.23. The van der Waals surface area contributed by atoms with Gasteiger partial charge >= 0.3 is 12.0 Å². The number of anilines is 1. The van der Waals surface area contributed by atoms with Crippen molar-refractivity contribution in [1.29, 1.82) is 0 Å². The number of carboxylic acids is 1. The molecule has 1 fully saturated rings. The van der Waals surface area contributed by atoms with Crippen molar-refractivity contribution in [2.45, 2.75) is 12.8 Å². The monoisotopic (exact) mass is 294 g/mol. The van der Waals surface area contributed by atoms with Crippen LogP contribution >= 0.6 is 0 Å². The van der Waals surface area contributed by atoms with Crippen molar-refractivity contribution in [1.82, 2.24) is 4.90 Å². The number of phenols is 1. The van der Waals surface area contributed by atoms with Crippen molar-refractivity contribution < 1.29 is 24.9 Å². The van der Waals surface area contributed by atoms with Gasteiger partial charge in [-0.2, -0.15) is 0 Å². The van der Waals surface area contributed by atoms with Gasteiger partial charge in [0.1, 0.15) is 5.75 Å². The molecule has 2 rings (SSSR count). The van der Waals surface area contributed by atoms with Gasteiger partial charge in [0.2, 0.25) is 0 Å². The summed E-state index contributed by atoms with van der Waals surface area (Å²) in [6.07, 6.45) is 1.45. The summed E-state index contributed by atoms with van der Waals surface area (Å²) in [4.78, 5) is 24.8. The van der Waals surface area contributed by atoms with Crippen molar-refractivity contribution in [3.63, 3.8) is 0 Å². The standard InChI is InChI=1S/C14H18N2O5/c17-8-9-3-5-16(6-4-9)14(21)15-12-2-1-10(18)7-11(12)13(19)20/h1-2,7,9,17-18H,3-6,8H2,(H,15,21)(H,19,20). The van der Waals surface area contributed by atoms with Gasteiger partial charge in [-0.25, -0.2) is 9.59 Å². The Balaban J connectivity index is 2.05. The Labute approximate surface area is 121 Å². The number of urea groups is 1. The van der Waals surface area contributed by atoms with E-state index in [0.29, 0.717) is 13.1 Å². The van der Waals surface area contributed by atoms with Crippen molar-refractivity contribution >= 4 is 17.7 Å². The number of amides is 2. The number of aliphatic hydroxyl groups excluding tert-OH is 1. The number of carbonyl (C=O) groups is 2. The summed E-state index contributed by atoms with van der Waals surface area (Å²) < 4.78 is 0. The average molecular weight is 294 g/mol. The Bertz CT molecular complexity index is 538. The van der Waals surface area contributed by atoms with Crippen LogP contribution in [0.2, 0.25) is 0 Å². The number of benzene rings is 1. The average Bonchev–Trinajstić information content (AvgIpc) is 2.49. The maximum Gasteiger partial charge on any atom is 0.337 e. The molecule has 7 heteroatoms. The van der Waals surface area contributed by atoms with Crippen LogP contribution in [0, 0.1) is 5.92 Å². The van der Waals surface area contributed by atoms with Crippen molar-refractivity contribution in [2.75, 3.05) is 25.0 Å². The molecule has 0 unspecified atom stereocenters. The summed E-state index contributed by atoms with van der Waals surface area (Å²) in [7, 11) is 0. The summed E-state index contributed by atoms with van der Waals surface area (Å²) in [5.41, 5.74) is -0.0109. The normalized spacial score (nSPS) is 15.8. The van der Waals surface area contributed by atoms with Gasteiger partial charge in [0.05, 0.1) is 11.3 Å². The third kappa shape index (κ3) is 3.63. The molecule has 0 aliphatic carbocycles. The van der Waals surface area contributed by atoms with Gasteiger partial charge in [0, 0.05) is 19.7 Å². The van der Waals surface area contributed by atoms with Crippen LogP contribution in [0.4, 0.5) is 10.5 Å². The third-order valence-corrected chi connectivity index (χ3v) is 3.64. The second kappa shape index (κ2) is 6.45. The first-order valence-electron chi connectivity index (χ1n) is 6.74. The van der Waals surface area contributed by atoms with E-state index in [0.717, 1.165) is 18.9 Å². The fourth-order valence-corrected chi connectivity index (χ4v) is 2.33. The molecular weight excluding hydrogens is 276 g/mol. The van der Waals surface area contributed by atoms with E-state index in [1.807, 2.05) is 0 Å². The number of hydrogen-bond acceptors (Lipinski definition) is 4. The van der Waals surface area contributed by atoms with Gasteiger partial charge in [0.25, 0.3) is 0 Å². The Morgan fingerprint density at radius 1 is 1.29 bits per heavy atom. The molecule has 0 spiro atoms. The lowest BCUT2D eigenvalue weighted by molar-refractivity contribution is 0.0697. The van der Waals surface area contributed by atoms with Crippen molar-refractivity contribution in [3.8, 4) is 5.75 Å². The molecule has 0 atom stereocenters. The SMILES string of the molecule is O=C(O)c1cc(O)ccc1NC(=O)N1CCC(CO)CC1. The highest BCUT2D eigenvalue weighted by atomic mass is 16.4. The molecule has 1 aromatic rings. The van der Waals surface area contributed by atoms with Gasteiger partial charge in [-0.15, -0.1) is 0 Å². The molecule has 0 saturated carbocycles. The van der Waals surface area contributed by atoms with Crippen LogP contribution in [-0.4, -0.2) is 51.9 Å². The number of piperidine rings is 1. The van der Waals surface area contributed by atoms with Crippen molar-refractivity contribution in [3.05, 3.63) is 23.8 Å². The number of rotatable bonds is 3. The first kappa shape index (κ1) is 15.1. The zero-order valence-corrected chi connectivity index (χ0v) is 11.5. The number of carbonyl (C=O) groups excluding carboxylic acids is 1. The van der Waals surface area contributed by atoms with Gasteiger partial charge in [-0.1, -0.05) is 0 Å². The Morgan fingerprint density at radius 3 is 2.52 bits per heavy atom. The maximum atomic E-state index is 12.1. The molecule has 2 amide bonds. The Kier molecular flexibility index (Phi) is 4.64. The summed E-state index contributed by atoms with van der Waals surface area (Å²) in [6, 6.07) is 3.40. The largest absolute Gasteiger partial charge is 0.508 e. The first-order valence-corrected chi connectivity index (χ1v) is 6.74. The van der Waals surface area contributed by atoms with Crippen LogP contribution in [0.3, 0.4) is 0 Å². The zero-order valence-electron chi connectivity index (χ0n) is 11.5. The number of aromatic hydroxyl groups is 1. The number of aliphatic hydroxyl groups is 1. The second-order valence-electron chi connectivity index (χ2n) is 5.08. The highest BCUT2D eigenvalue weighted by molar-refractivity contribution is 6.00. The Morgan fingerprint density at radius 2 is 1.95 bits per heavy atom. The van der Waals surface area contributed by atoms with Crippen LogP contribution in [-0.2, 0) is 0 Å². The molecule has 1 saturated heterocycles. The fourth-order valence-electron chi connectivity index (χ4n) is 2.33. The molecule has 1 heterocycles. The van der Waals surface area contributed by atoms with Gasteiger partial charge in [-0.05, 0) is 37.0 Å². The summed E-state index contributed by atoms with van der Waals surface area (Å²) in [5, 5.41) is 30.0. The minimum Gasteiger partial charge on any atom is -0.508 e. The topological polar surface area (TPSA) is 110 Å². The smallest absolute Gasteiger partial charge is 0.337 e. The van der Waals surface area contributed by atoms with E-state index in [1.165, 1.54) is 12.1 Å². The molecule has 7 nitrogen and oxygen atoms in total. The molecular formula is C14H18N2O5. The maximum absolute atomic E-state index is 12.1. The summed E-state index contributed by atoms with van der Waals surface area (Å²) >= 11 is 0. The lowest BCUT2D eigenvalue weighted by Gasteiger charge is -2.31. The van der Waals surface area contributed by atoms with Gasteiger partial charge in [0.15, 0.2) is 0 Å². The van der Waals surface area contributed by atoms with Crippen LogP contribution in [0.1, 0.15) is 23.2 Å². The van der Waals surface area contributed by atoms with E-state index >= 15 is 0 Å². The number of likely N-dealkylation sites (tertiary alicyclic amines) is 1. The first-order chi connectivity index (χ1) is 10.0. The summed E-state index contributed by atoms with van der Waals surface area (Å²) in [6.45, 7) is 1.17. The van der Waals surface area contributed by atoms with Gasteiger partial charge in [-0.3, -0.25) is 0 Å². The third-order valence-electron chi connectivity index (χ3n) is 3.64. The van der Waals surface area contributed by atoms with E-state index in [1.54, 1.807) is 4.90 Å². The predicted molar refractivity (Wildman–Crippen MR) is 75.5 cm³/mol. The van der Waals surface area contributed by atoms with E-state index in [4.69, 9.17) is 10.2 Å². The lowest BCUT2D eigenvalue weighted by atomic mass is 9.98. The minimum absolute atomic E-state index is 0.122. The summed E-state index contributed by atoms with van der Waals surface area (Å²) in [5.74, 6) is -1.17. The second-order valence-corrected chi connectivity index (χ2v) is 5.08. The van der Waals surface area contributed by atoms with Crippen LogP contribution in [0.15, 0.2) is 18.2 Å². The number of nitrogens with one attached hydrogen (secondary N) is 1. The molecule has 4 N–H and O–H groups in total.